The number of fused-ring (bicyclic) bond motifs is 4. The number of hydrogen-bond acceptors (Lipinski definition) is 15. The fourth-order valence-corrected chi connectivity index (χ4v) is 12.9. The van der Waals surface area contributed by atoms with Crippen molar-refractivity contribution in [3.63, 3.8) is 0 Å². The normalized spacial score (nSPS) is 20.4. The summed E-state index contributed by atoms with van der Waals surface area (Å²) in [5.41, 5.74) is 7.34. The van der Waals surface area contributed by atoms with Crippen LogP contribution in [0.15, 0.2) is 76.9 Å². The third-order valence-corrected chi connectivity index (χ3v) is 17.9. The van der Waals surface area contributed by atoms with E-state index in [0.717, 1.165) is 142 Å². The van der Waals surface area contributed by atoms with Gasteiger partial charge in [0.2, 0.25) is 12.3 Å². The van der Waals surface area contributed by atoms with Gasteiger partial charge in [-0.25, -0.2) is 9.37 Å². The van der Waals surface area contributed by atoms with Crippen LogP contribution in [0.3, 0.4) is 0 Å². The van der Waals surface area contributed by atoms with Crippen molar-refractivity contribution in [3.05, 3.63) is 101 Å². The molecule has 5 aliphatic rings. The summed E-state index contributed by atoms with van der Waals surface area (Å²) >= 11 is 1.63. The predicted octanol–water partition coefficient (Wildman–Crippen LogP) is 9.28. The highest BCUT2D eigenvalue weighted by Gasteiger charge is 2.46. The Morgan fingerprint density at radius 1 is 1.00 bits per heavy atom. The average molecular weight is 1060 g/mol. The number of piperazine rings is 1. The van der Waals surface area contributed by atoms with Crippen LogP contribution in [-0.4, -0.2) is 129 Å². The van der Waals surface area contributed by atoms with E-state index in [0.29, 0.717) is 65.8 Å². The van der Waals surface area contributed by atoms with E-state index >= 15 is 4.39 Å². The molecule has 5 aliphatic heterocycles. The minimum atomic E-state index is -0.538. The van der Waals surface area contributed by atoms with Crippen molar-refractivity contribution in [1.82, 2.24) is 45.5 Å². The molecule has 2 bridgehead atoms. The van der Waals surface area contributed by atoms with Gasteiger partial charge in [-0.15, -0.1) is 11.3 Å². The number of phenols is 1. The molecule has 404 valence electrons. The van der Waals surface area contributed by atoms with Gasteiger partial charge < -0.3 is 39.7 Å². The summed E-state index contributed by atoms with van der Waals surface area (Å²) in [5.74, 6) is 2.90. The first-order valence-electron chi connectivity index (χ1n) is 27.5. The topological polar surface area (TPSA) is 178 Å². The summed E-state index contributed by atoms with van der Waals surface area (Å²) in [7, 11) is 0. The Morgan fingerprint density at radius 3 is 2.49 bits per heavy atom. The van der Waals surface area contributed by atoms with E-state index in [1.165, 1.54) is 4.88 Å². The van der Waals surface area contributed by atoms with Gasteiger partial charge >= 0.3 is 6.01 Å². The lowest BCUT2D eigenvalue weighted by Crippen LogP contribution is -2.60. The summed E-state index contributed by atoms with van der Waals surface area (Å²) in [6.45, 7) is 18.6. The zero-order valence-corrected chi connectivity index (χ0v) is 45.6. The van der Waals surface area contributed by atoms with Crippen LogP contribution in [0.5, 0.6) is 11.8 Å². The quantitative estimate of drug-likeness (QED) is 0.0828. The van der Waals surface area contributed by atoms with Crippen LogP contribution in [-0.2, 0) is 22.6 Å². The molecule has 7 aromatic rings. The number of anilines is 2. The number of amides is 2. The molecule has 4 aromatic heterocycles. The Morgan fingerprint density at radius 2 is 1.78 bits per heavy atom. The molecule has 1 spiro atoms. The molecular weight excluding hydrogens is 994 g/mol. The number of nitrogens with one attached hydrogen (secondary N) is 2. The largest absolute Gasteiger partial charge is 0.508 e. The number of rotatable bonds is 15. The number of nitrogens with zero attached hydrogens (tertiary/aromatic N) is 9. The van der Waals surface area contributed by atoms with Crippen LogP contribution >= 0.6 is 11.3 Å². The second-order valence-electron chi connectivity index (χ2n) is 22.3. The van der Waals surface area contributed by atoms with Crippen molar-refractivity contribution >= 4 is 57.0 Å². The number of carbonyl (C=O) groups is 2. The summed E-state index contributed by atoms with van der Waals surface area (Å²) < 4.78 is 28.9. The van der Waals surface area contributed by atoms with Crippen molar-refractivity contribution in [2.75, 3.05) is 68.8 Å². The molecule has 2 amide bonds. The van der Waals surface area contributed by atoms with Crippen LogP contribution in [0.2, 0.25) is 0 Å². The monoisotopic (exact) mass is 1060 g/mol. The van der Waals surface area contributed by atoms with E-state index in [9.17, 15) is 14.7 Å². The van der Waals surface area contributed by atoms with E-state index in [1.54, 1.807) is 34.6 Å². The lowest BCUT2D eigenvalue weighted by molar-refractivity contribution is -0.131. The Kier molecular flexibility index (Phi) is 15.1. The number of thiazole rings is 1. The SMILES string of the molecule is CCc1cccc2cc(O)cc(-c3ncc4c(N5CC6CCC(C5)N6)nc(OCCN5CCC6(CC5)CN(c5cc(C(C)C(C)C)on5)C6)nc4c3F)c12.Cc1ncsc1-c1ccc(CNC(=O)C2CCCN2C=O)cc1. The second-order valence-corrected chi connectivity index (χ2v) is 23.1. The van der Waals surface area contributed by atoms with E-state index in [-0.39, 0.29) is 34.9 Å². The Bertz CT molecular complexity index is 3230. The number of piperidine rings is 1. The zero-order valence-electron chi connectivity index (χ0n) is 44.8. The van der Waals surface area contributed by atoms with Gasteiger partial charge in [0, 0.05) is 87.1 Å². The van der Waals surface area contributed by atoms with Gasteiger partial charge in [-0.2, -0.15) is 9.97 Å². The summed E-state index contributed by atoms with van der Waals surface area (Å²) in [5, 5.41) is 24.0. The molecule has 3 N–H and O–H groups in total. The Labute approximate surface area is 453 Å². The number of likely N-dealkylation sites (tertiary alicyclic amines) is 2. The van der Waals surface area contributed by atoms with Crippen molar-refractivity contribution in [3.8, 4) is 33.5 Å². The van der Waals surface area contributed by atoms with Gasteiger partial charge in [-0.3, -0.25) is 19.5 Å². The molecule has 5 saturated heterocycles. The lowest BCUT2D eigenvalue weighted by atomic mass is 9.72. The molecule has 0 saturated carbocycles. The minimum absolute atomic E-state index is 0.0642. The number of carbonyl (C=O) groups excluding carboxylic acids is 2. The van der Waals surface area contributed by atoms with Gasteiger partial charge in [0.25, 0.3) is 0 Å². The highest BCUT2D eigenvalue weighted by molar-refractivity contribution is 7.13. The molecule has 12 rings (SSSR count). The van der Waals surface area contributed by atoms with Gasteiger partial charge in [0.1, 0.15) is 41.2 Å². The molecular formula is C59H70FN11O5S. The zero-order chi connectivity index (χ0) is 53.4. The molecule has 3 aromatic carbocycles. The summed E-state index contributed by atoms with van der Waals surface area (Å²) in [6, 6.07) is 20.1. The maximum atomic E-state index is 16.9. The maximum Gasteiger partial charge on any atom is 0.319 e. The molecule has 16 nitrogen and oxygen atoms in total. The molecule has 4 unspecified atom stereocenters. The molecule has 77 heavy (non-hydrogen) atoms. The van der Waals surface area contributed by atoms with Crippen molar-refractivity contribution in [2.24, 2.45) is 11.3 Å². The van der Waals surface area contributed by atoms with Gasteiger partial charge in [0.05, 0.1) is 21.5 Å². The first kappa shape index (κ1) is 52.3. The van der Waals surface area contributed by atoms with E-state index in [2.05, 4.69) is 81.4 Å². The van der Waals surface area contributed by atoms with E-state index in [4.69, 9.17) is 24.2 Å². The Hall–Kier alpha value is -6.76. The summed E-state index contributed by atoms with van der Waals surface area (Å²) in [4.78, 5) is 51.5. The second kappa shape index (κ2) is 22.3. The number of halogens is 1. The van der Waals surface area contributed by atoms with Crippen LogP contribution in [0, 0.1) is 24.1 Å². The smallest absolute Gasteiger partial charge is 0.319 e. The van der Waals surface area contributed by atoms with Crippen molar-refractivity contribution < 1.29 is 28.3 Å². The predicted molar refractivity (Wildman–Crippen MR) is 299 cm³/mol. The molecule has 0 radical (unpaired) electrons. The fraction of sp³-hybridized carbons (Fsp3) is 0.475. The average Bonchev–Trinajstić information content (AvgIpc) is 4.33. The highest BCUT2D eigenvalue weighted by Crippen LogP contribution is 2.44. The van der Waals surface area contributed by atoms with Crippen molar-refractivity contribution in [1.29, 1.82) is 0 Å². The molecule has 9 heterocycles. The molecule has 18 heteroatoms. The number of ether oxygens (including phenoxy) is 1. The van der Waals surface area contributed by atoms with Gasteiger partial charge in [-0.05, 0) is 110 Å². The highest BCUT2D eigenvalue weighted by atomic mass is 32.1. The molecule has 4 atom stereocenters. The number of aryl methyl sites for hydroxylation is 2. The molecule has 0 aliphatic carbocycles. The number of pyridine rings is 1. The number of benzene rings is 3. The number of aromatic hydroxyl groups is 1. The molecule has 5 fully saturated rings. The van der Waals surface area contributed by atoms with Crippen LogP contribution in [0.25, 0.3) is 43.4 Å². The first-order valence-corrected chi connectivity index (χ1v) is 28.4. The standard InChI is InChI=1S/C42H51FN8O3.C17H19N3O2S/c1-5-27-7-6-8-28-17-31(52)18-32(36(27)28)38-37(43)39-33(20-44-38)40(50-21-29-9-10-30(22-50)45-29)47-41(46-39)53-16-15-49-13-11-42(12-14-49)23-51(24-42)35-19-34(54-48-35)26(4)25(2)3;1-12-16(23-10-19-12)14-6-4-13(5-7-14)9-18-17(22)15-3-2-8-20(15)11-21/h6-8,17-20,25-26,29-30,45,52H,5,9-16,21-24H2,1-4H3;4-7,10-11,15H,2-3,8-9H2,1H3,(H,18,22). The number of hydrogen-bond donors (Lipinski definition) is 3. The van der Waals surface area contributed by atoms with Crippen LogP contribution < -0.4 is 25.2 Å². The lowest BCUT2D eigenvalue weighted by Gasteiger charge is -2.54. The van der Waals surface area contributed by atoms with Crippen LogP contribution in [0.4, 0.5) is 16.0 Å². The van der Waals surface area contributed by atoms with Crippen molar-refractivity contribution in [2.45, 2.75) is 110 Å². The summed E-state index contributed by atoms with van der Waals surface area (Å²) in [6.07, 6.45) is 9.34. The Balaban J connectivity index is 0.000000229. The number of phenolic OH excluding ortho intramolecular Hbond substituents is 1. The van der Waals surface area contributed by atoms with Gasteiger partial charge in [0.15, 0.2) is 11.6 Å². The minimum Gasteiger partial charge on any atom is -0.508 e. The van der Waals surface area contributed by atoms with Gasteiger partial charge in [-0.1, -0.05) is 75.3 Å². The maximum absolute atomic E-state index is 16.9. The van der Waals surface area contributed by atoms with E-state index < -0.39 is 5.82 Å². The number of aromatic nitrogens is 5. The fourth-order valence-electron chi connectivity index (χ4n) is 12.0. The third-order valence-electron chi connectivity index (χ3n) is 16.9. The van der Waals surface area contributed by atoms with E-state index in [1.807, 2.05) is 42.8 Å². The third kappa shape index (κ3) is 10.9. The first-order chi connectivity index (χ1) is 37.3. The van der Waals surface area contributed by atoms with Crippen LogP contribution in [0.1, 0.15) is 94.7 Å².